The number of rotatable bonds is 6. The monoisotopic (exact) mass is 295 g/mol. The van der Waals surface area contributed by atoms with Gasteiger partial charge in [-0.1, -0.05) is 19.1 Å². The Morgan fingerprint density at radius 2 is 2.05 bits per heavy atom. The summed E-state index contributed by atoms with van der Waals surface area (Å²) in [6.45, 7) is 2.85. The maximum absolute atomic E-state index is 12.3. The van der Waals surface area contributed by atoms with Crippen molar-refractivity contribution in [2.24, 2.45) is 0 Å². The van der Waals surface area contributed by atoms with Gasteiger partial charge in [0.1, 0.15) is 0 Å². The lowest BCUT2D eigenvalue weighted by atomic mass is 10.1. The van der Waals surface area contributed by atoms with Gasteiger partial charge >= 0.3 is 0 Å². The molecule has 0 bridgehead atoms. The Hall–Kier alpha value is -1.36. The van der Waals surface area contributed by atoms with Crippen molar-refractivity contribution < 1.29 is 13.2 Å². The van der Waals surface area contributed by atoms with Crippen molar-refractivity contribution in [2.75, 3.05) is 12.8 Å². The summed E-state index contributed by atoms with van der Waals surface area (Å²) in [7, 11) is -3.22. The topological polar surface area (TPSA) is 54.5 Å². The van der Waals surface area contributed by atoms with Gasteiger partial charge in [0, 0.05) is 18.8 Å². The highest BCUT2D eigenvalue weighted by Gasteiger charge is 2.31. The Kier molecular flexibility index (Phi) is 4.48. The van der Waals surface area contributed by atoms with Crippen LogP contribution in [0.1, 0.15) is 31.7 Å². The molecule has 1 aromatic carbocycles. The molecular formula is C15H21NO3S. The van der Waals surface area contributed by atoms with Crippen molar-refractivity contribution >= 4 is 15.7 Å². The highest BCUT2D eigenvalue weighted by molar-refractivity contribution is 7.90. The number of carbonyl (C=O) groups excluding carboxylic acids is 1. The van der Waals surface area contributed by atoms with E-state index in [0.717, 1.165) is 31.4 Å². The molecule has 2 rings (SSSR count). The van der Waals surface area contributed by atoms with E-state index in [0.29, 0.717) is 6.04 Å². The molecule has 0 atom stereocenters. The minimum Gasteiger partial charge on any atom is -0.339 e. The van der Waals surface area contributed by atoms with Crippen LogP contribution in [0.5, 0.6) is 0 Å². The summed E-state index contributed by atoms with van der Waals surface area (Å²) in [4.78, 5) is 14.5. The van der Waals surface area contributed by atoms with Crippen LogP contribution in [0.2, 0.25) is 0 Å². The zero-order valence-corrected chi connectivity index (χ0v) is 12.8. The Morgan fingerprint density at radius 1 is 1.35 bits per heavy atom. The average molecular weight is 295 g/mol. The fourth-order valence-electron chi connectivity index (χ4n) is 2.30. The Morgan fingerprint density at radius 3 is 2.60 bits per heavy atom. The van der Waals surface area contributed by atoms with Crippen molar-refractivity contribution in [1.82, 2.24) is 4.90 Å². The zero-order valence-electron chi connectivity index (χ0n) is 12.0. The predicted molar refractivity (Wildman–Crippen MR) is 78.3 cm³/mol. The first-order valence-electron chi connectivity index (χ1n) is 7.00. The molecule has 0 saturated heterocycles. The molecule has 0 N–H and O–H groups in total. The summed E-state index contributed by atoms with van der Waals surface area (Å²) in [6, 6.07) is 7.07. The molecule has 5 heteroatoms. The van der Waals surface area contributed by atoms with Gasteiger partial charge in [-0.25, -0.2) is 8.42 Å². The zero-order chi connectivity index (χ0) is 14.8. The molecule has 20 heavy (non-hydrogen) atoms. The van der Waals surface area contributed by atoms with Crippen LogP contribution in [-0.4, -0.2) is 38.1 Å². The van der Waals surface area contributed by atoms with Gasteiger partial charge in [0.05, 0.1) is 11.3 Å². The second-order valence-corrected chi connectivity index (χ2v) is 7.43. The Bertz CT molecular complexity index is 591. The van der Waals surface area contributed by atoms with Crippen molar-refractivity contribution in [3.63, 3.8) is 0 Å². The third-order valence-electron chi connectivity index (χ3n) is 3.45. The minimum absolute atomic E-state index is 0.0972. The summed E-state index contributed by atoms with van der Waals surface area (Å²) < 4.78 is 23.1. The predicted octanol–water partition coefficient (Wildman–Crippen LogP) is 2.03. The van der Waals surface area contributed by atoms with Gasteiger partial charge < -0.3 is 4.90 Å². The van der Waals surface area contributed by atoms with Crippen LogP contribution >= 0.6 is 0 Å². The smallest absolute Gasteiger partial charge is 0.227 e. The van der Waals surface area contributed by atoms with Gasteiger partial charge in [0.2, 0.25) is 5.91 Å². The second kappa shape index (κ2) is 5.95. The molecule has 0 spiro atoms. The van der Waals surface area contributed by atoms with Crippen LogP contribution in [-0.2, 0) is 21.1 Å². The number of hydrogen-bond donors (Lipinski definition) is 0. The molecule has 0 unspecified atom stereocenters. The summed E-state index contributed by atoms with van der Waals surface area (Å²) >= 11 is 0. The molecule has 1 aliphatic rings. The lowest BCUT2D eigenvalue weighted by Gasteiger charge is -2.21. The lowest BCUT2D eigenvalue weighted by Crippen LogP contribution is -2.34. The first kappa shape index (κ1) is 15.0. The molecule has 110 valence electrons. The van der Waals surface area contributed by atoms with E-state index in [1.165, 1.54) is 6.26 Å². The van der Waals surface area contributed by atoms with Crippen molar-refractivity contribution in [3.8, 4) is 0 Å². The minimum atomic E-state index is -3.22. The SMILES string of the molecule is CCCN(C(=O)Cc1cccc(S(C)(=O)=O)c1)C1CC1. The lowest BCUT2D eigenvalue weighted by molar-refractivity contribution is -0.131. The van der Waals surface area contributed by atoms with Crippen molar-refractivity contribution in [1.29, 1.82) is 0 Å². The molecule has 1 aliphatic carbocycles. The molecule has 0 aromatic heterocycles. The van der Waals surface area contributed by atoms with E-state index in [-0.39, 0.29) is 17.2 Å². The molecule has 4 nitrogen and oxygen atoms in total. The fraction of sp³-hybridized carbons (Fsp3) is 0.533. The Labute approximate surface area is 120 Å². The van der Waals surface area contributed by atoms with Crippen LogP contribution in [0.4, 0.5) is 0 Å². The number of hydrogen-bond acceptors (Lipinski definition) is 3. The maximum atomic E-state index is 12.3. The average Bonchev–Trinajstić information content (AvgIpc) is 3.19. The maximum Gasteiger partial charge on any atom is 0.227 e. The molecule has 0 radical (unpaired) electrons. The highest BCUT2D eigenvalue weighted by atomic mass is 32.2. The van der Waals surface area contributed by atoms with Crippen LogP contribution in [0.3, 0.4) is 0 Å². The van der Waals surface area contributed by atoms with Gasteiger partial charge in [0.25, 0.3) is 0 Å². The third kappa shape index (κ3) is 3.82. The van der Waals surface area contributed by atoms with Crippen LogP contribution < -0.4 is 0 Å². The summed E-state index contributed by atoms with van der Waals surface area (Å²) in [5, 5.41) is 0. The first-order valence-corrected chi connectivity index (χ1v) is 8.89. The number of carbonyl (C=O) groups is 1. The van der Waals surface area contributed by atoms with E-state index in [1.807, 2.05) is 11.0 Å². The van der Waals surface area contributed by atoms with Gasteiger partial charge in [-0.3, -0.25) is 4.79 Å². The van der Waals surface area contributed by atoms with Crippen LogP contribution in [0.25, 0.3) is 0 Å². The van der Waals surface area contributed by atoms with E-state index < -0.39 is 9.84 Å². The summed E-state index contributed by atoms with van der Waals surface area (Å²) in [5.74, 6) is 0.0972. The van der Waals surface area contributed by atoms with E-state index in [9.17, 15) is 13.2 Å². The summed E-state index contributed by atoms with van der Waals surface area (Å²) in [5.41, 5.74) is 0.764. The molecule has 0 aliphatic heterocycles. The largest absolute Gasteiger partial charge is 0.339 e. The number of amides is 1. The number of benzene rings is 1. The quantitative estimate of drug-likeness (QED) is 0.807. The third-order valence-corrected chi connectivity index (χ3v) is 4.56. The highest BCUT2D eigenvalue weighted by Crippen LogP contribution is 2.27. The van der Waals surface area contributed by atoms with Crippen LogP contribution in [0.15, 0.2) is 29.2 Å². The van der Waals surface area contributed by atoms with Crippen molar-refractivity contribution in [2.45, 2.75) is 43.5 Å². The van der Waals surface area contributed by atoms with Gasteiger partial charge in [-0.2, -0.15) is 0 Å². The molecule has 1 amide bonds. The Balaban J connectivity index is 2.11. The van der Waals surface area contributed by atoms with Crippen LogP contribution in [0, 0.1) is 0 Å². The van der Waals surface area contributed by atoms with Gasteiger partial charge in [-0.15, -0.1) is 0 Å². The molecule has 1 saturated carbocycles. The standard InChI is InChI=1S/C15H21NO3S/c1-3-9-16(13-7-8-13)15(17)11-12-5-4-6-14(10-12)20(2,18)19/h4-6,10,13H,3,7-9,11H2,1-2H3. The summed E-state index contributed by atoms with van der Waals surface area (Å²) in [6.07, 6.45) is 4.59. The molecule has 0 heterocycles. The van der Waals surface area contributed by atoms with E-state index >= 15 is 0 Å². The van der Waals surface area contributed by atoms with Gasteiger partial charge in [0.15, 0.2) is 9.84 Å². The second-order valence-electron chi connectivity index (χ2n) is 5.41. The van der Waals surface area contributed by atoms with E-state index in [1.54, 1.807) is 18.2 Å². The van der Waals surface area contributed by atoms with Gasteiger partial charge in [-0.05, 0) is 37.0 Å². The fourth-order valence-corrected chi connectivity index (χ4v) is 2.99. The first-order chi connectivity index (χ1) is 9.41. The van der Waals surface area contributed by atoms with Crippen molar-refractivity contribution in [3.05, 3.63) is 29.8 Å². The number of sulfone groups is 1. The van der Waals surface area contributed by atoms with E-state index in [4.69, 9.17) is 0 Å². The molecule has 1 aromatic rings. The molecule has 1 fully saturated rings. The normalized spacial score (nSPS) is 15.1. The molecular weight excluding hydrogens is 274 g/mol. The number of nitrogens with zero attached hydrogens (tertiary/aromatic N) is 1. The van der Waals surface area contributed by atoms with E-state index in [2.05, 4.69) is 6.92 Å².